The summed E-state index contributed by atoms with van der Waals surface area (Å²) in [5, 5.41) is 41.5. The Morgan fingerprint density at radius 3 is 2.52 bits per heavy atom. The number of rotatable bonds is 9. The molecular weight excluding hydrogens is 346 g/mol. The Balaban J connectivity index is 1.98. The summed E-state index contributed by atoms with van der Waals surface area (Å²) in [5.74, 6) is -0.855. The van der Waals surface area contributed by atoms with Gasteiger partial charge in [0.1, 0.15) is 5.75 Å². The van der Waals surface area contributed by atoms with E-state index < -0.39 is 12.1 Å². The van der Waals surface area contributed by atoms with Crippen LogP contribution in [0, 0.1) is 0 Å². The molecule has 6 nitrogen and oxygen atoms in total. The fourth-order valence-electron chi connectivity index (χ4n) is 3.03. The molecule has 146 valence electrons. The van der Waals surface area contributed by atoms with E-state index in [2.05, 4.69) is 5.32 Å². The highest BCUT2D eigenvalue weighted by molar-refractivity contribution is 5.70. The van der Waals surface area contributed by atoms with E-state index in [0.717, 1.165) is 11.1 Å². The van der Waals surface area contributed by atoms with Crippen molar-refractivity contribution in [1.82, 2.24) is 5.32 Å². The maximum absolute atomic E-state index is 10.9. The second-order valence-corrected chi connectivity index (χ2v) is 7.39. The van der Waals surface area contributed by atoms with Crippen LogP contribution in [0.15, 0.2) is 42.5 Å². The number of carboxylic acid groups (broad SMARTS) is 1. The molecule has 0 aromatic heterocycles. The Kier molecular flexibility index (Phi) is 6.96. The van der Waals surface area contributed by atoms with Gasteiger partial charge >= 0.3 is 5.97 Å². The minimum atomic E-state index is -0.858. The fraction of sp³-hybridized carbons (Fsp3) is 0.381. The maximum Gasteiger partial charge on any atom is 0.307 e. The third-order valence-electron chi connectivity index (χ3n) is 4.43. The Labute approximate surface area is 159 Å². The molecule has 2 aromatic carbocycles. The lowest BCUT2D eigenvalue weighted by molar-refractivity contribution is -0.136. The predicted molar refractivity (Wildman–Crippen MR) is 103 cm³/mol. The van der Waals surface area contributed by atoms with E-state index in [1.54, 1.807) is 18.2 Å². The van der Waals surface area contributed by atoms with Crippen molar-refractivity contribution in [2.45, 2.75) is 44.9 Å². The molecule has 2 rings (SSSR count). The molecule has 0 radical (unpaired) electrons. The van der Waals surface area contributed by atoms with Gasteiger partial charge in [-0.1, -0.05) is 30.3 Å². The first kappa shape index (κ1) is 20.9. The van der Waals surface area contributed by atoms with Crippen LogP contribution in [-0.2, 0) is 24.2 Å². The SMILES string of the molecule is CC(C)(Cc1cccc(CC(=O)O)c1)NC[C@@H](O)c1ccc(O)c(CO)c1. The summed E-state index contributed by atoms with van der Waals surface area (Å²) in [4.78, 5) is 10.9. The highest BCUT2D eigenvalue weighted by Gasteiger charge is 2.20. The third kappa shape index (κ3) is 6.36. The van der Waals surface area contributed by atoms with Crippen molar-refractivity contribution in [2.75, 3.05) is 6.54 Å². The van der Waals surface area contributed by atoms with Crippen molar-refractivity contribution in [2.24, 2.45) is 0 Å². The number of carbonyl (C=O) groups is 1. The lowest BCUT2D eigenvalue weighted by Gasteiger charge is -2.28. The number of aliphatic hydroxyl groups excluding tert-OH is 2. The van der Waals surface area contributed by atoms with E-state index in [1.807, 2.05) is 32.0 Å². The molecule has 0 bridgehead atoms. The largest absolute Gasteiger partial charge is 0.508 e. The van der Waals surface area contributed by atoms with E-state index in [0.29, 0.717) is 24.1 Å². The smallest absolute Gasteiger partial charge is 0.307 e. The van der Waals surface area contributed by atoms with Gasteiger partial charge in [0.25, 0.3) is 0 Å². The van der Waals surface area contributed by atoms with E-state index in [-0.39, 0.29) is 24.3 Å². The van der Waals surface area contributed by atoms with Crippen LogP contribution < -0.4 is 5.32 Å². The van der Waals surface area contributed by atoms with Gasteiger partial charge in [-0.05, 0) is 49.1 Å². The highest BCUT2D eigenvalue weighted by atomic mass is 16.4. The summed E-state index contributed by atoms with van der Waals surface area (Å²) in [5.41, 5.74) is 2.45. The van der Waals surface area contributed by atoms with Crippen LogP contribution >= 0.6 is 0 Å². The number of phenols is 1. The Bertz CT molecular complexity index is 788. The average Bonchev–Trinajstić information content (AvgIpc) is 2.59. The molecule has 0 aliphatic rings. The fourth-order valence-corrected chi connectivity index (χ4v) is 3.03. The van der Waals surface area contributed by atoms with E-state index in [1.165, 1.54) is 6.07 Å². The zero-order valence-corrected chi connectivity index (χ0v) is 15.6. The van der Waals surface area contributed by atoms with Gasteiger partial charge in [0.2, 0.25) is 0 Å². The van der Waals surface area contributed by atoms with Gasteiger partial charge in [0.15, 0.2) is 0 Å². The number of aromatic hydroxyl groups is 1. The van der Waals surface area contributed by atoms with Gasteiger partial charge in [0, 0.05) is 17.6 Å². The molecule has 2 aromatic rings. The number of hydrogen-bond acceptors (Lipinski definition) is 5. The first-order valence-corrected chi connectivity index (χ1v) is 8.85. The van der Waals surface area contributed by atoms with Crippen LogP contribution in [-0.4, -0.2) is 38.5 Å². The first-order valence-electron chi connectivity index (χ1n) is 8.85. The quantitative estimate of drug-likeness (QED) is 0.461. The minimum Gasteiger partial charge on any atom is -0.508 e. The third-order valence-corrected chi connectivity index (χ3v) is 4.43. The highest BCUT2D eigenvalue weighted by Crippen LogP contribution is 2.23. The molecule has 27 heavy (non-hydrogen) atoms. The summed E-state index contributed by atoms with van der Waals surface area (Å²) in [6.07, 6.45) is -0.118. The molecule has 0 saturated carbocycles. The average molecular weight is 373 g/mol. The van der Waals surface area contributed by atoms with Crippen LogP contribution in [0.5, 0.6) is 5.75 Å². The van der Waals surface area contributed by atoms with Gasteiger partial charge in [-0.3, -0.25) is 4.79 Å². The second-order valence-electron chi connectivity index (χ2n) is 7.39. The molecule has 0 heterocycles. The van der Waals surface area contributed by atoms with Gasteiger partial charge in [-0.15, -0.1) is 0 Å². The number of hydrogen-bond donors (Lipinski definition) is 5. The van der Waals surface area contributed by atoms with Gasteiger partial charge in [-0.2, -0.15) is 0 Å². The molecular formula is C21H27NO5. The normalized spacial score (nSPS) is 12.7. The number of carboxylic acids is 1. The number of aliphatic carboxylic acids is 1. The van der Waals surface area contributed by atoms with Crippen molar-refractivity contribution in [3.05, 3.63) is 64.7 Å². The molecule has 0 aliphatic carbocycles. The van der Waals surface area contributed by atoms with Crippen molar-refractivity contribution >= 4 is 5.97 Å². The molecule has 0 saturated heterocycles. The summed E-state index contributed by atoms with van der Waals surface area (Å²) < 4.78 is 0. The molecule has 0 fully saturated rings. The summed E-state index contributed by atoms with van der Waals surface area (Å²) in [6.45, 7) is 4.04. The minimum absolute atomic E-state index is 0.00276. The van der Waals surface area contributed by atoms with Crippen molar-refractivity contribution in [1.29, 1.82) is 0 Å². The molecule has 6 heteroatoms. The van der Waals surface area contributed by atoms with E-state index in [9.17, 15) is 20.1 Å². The Morgan fingerprint density at radius 1 is 1.15 bits per heavy atom. The van der Waals surface area contributed by atoms with E-state index in [4.69, 9.17) is 5.11 Å². The zero-order chi connectivity index (χ0) is 20.0. The van der Waals surface area contributed by atoms with Crippen LogP contribution in [0.1, 0.15) is 42.2 Å². The molecule has 0 aliphatic heterocycles. The van der Waals surface area contributed by atoms with E-state index >= 15 is 0 Å². The summed E-state index contributed by atoms with van der Waals surface area (Å²) in [7, 11) is 0. The molecule has 5 N–H and O–H groups in total. The Morgan fingerprint density at radius 2 is 1.85 bits per heavy atom. The maximum atomic E-state index is 10.9. The molecule has 0 unspecified atom stereocenters. The van der Waals surface area contributed by atoms with Gasteiger partial charge in [-0.25, -0.2) is 0 Å². The molecule has 0 spiro atoms. The summed E-state index contributed by atoms with van der Waals surface area (Å²) in [6, 6.07) is 12.2. The summed E-state index contributed by atoms with van der Waals surface area (Å²) >= 11 is 0. The van der Waals surface area contributed by atoms with Crippen molar-refractivity contribution in [3.8, 4) is 5.75 Å². The second kappa shape index (κ2) is 8.99. The number of nitrogens with one attached hydrogen (secondary N) is 1. The van der Waals surface area contributed by atoms with Crippen LogP contribution in [0.4, 0.5) is 0 Å². The number of benzene rings is 2. The lowest BCUT2D eigenvalue weighted by atomic mass is 9.93. The molecule has 1 atom stereocenters. The van der Waals surface area contributed by atoms with Crippen molar-refractivity contribution in [3.63, 3.8) is 0 Å². The standard InChI is InChI=1S/C21H27NO5/c1-21(2,11-15-5-3-4-14(8-15)9-20(26)27)22-12-19(25)16-6-7-18(24)17(10-16)13-23/h3-8,10,19,22-25H,9,11-13H2,1-2H3,(H,26,27)/t19-/m1/s1. The topological polar surface area (TPSA) is 110 Å². The number of aliphatic hydroxyl groups is 2. The monoisotopic (exact) mass is 373 g/mol. The van der Waals surface area contributed by atoms with Crippen molar-refractivity contribution < 1.29 is 25.2 Å². The lowest BCUT2D eigenvalue weighted by Crippen LogP contribution is -2.43. The zero-order valence-electron chi connectivity index (χ0n) is 15.6. The molecule has 0 amide bonds. The van der Waals surface area contributed by atoms with Crippen LogP contribution in [0.3, 0.4) is 0 Å². The van der Waals surface area contributed by atoms with Crippen LogP contribution in [0.2, 0.25) is 0 Å². The van der Waals surface area contributed by atoms with Gasteiger partial charge in [0.05, 0.1) is 19.1 Å². The van der Waals surface area contributed by atoms with Gasteiger partial charge < -0.3 is 25.7 Å². The van der Waals surface area contributed by atoms with Crippen LogP contribution in [0.25, 0.3) is 0 Å². The predicted octanol–water partition coefficient (Wildman–Crippen LogP) is 2.16. The first-order chi connectivity index (χ1) is 12.7. The Hall–Kier alpha value is -2.41. The number of β-amino-alcohol motifs (C(OH)–C–C–N with tert-alkyl or cyclic N) is 1.